The minimum atomic E-state index is 0.298. The molecule has 1 atom stereocenters. The zero-order valence-corrected chi connectivity index (χ0v) is 16.3. The molecule has 4 heteroatoms. The van der Waals surface area contributed by atoms with Gasteiger partial charge in [-0.15, -0.1) is 0 Å². The first kappa shape index (κ1) is 18.0. The summed E-state index contributed by atoms with van der Waals surface area (Å²) in [6.07, 6.45) is 6.36. The molecule has 1 aromatic heterocycles. The van der Waals surface area contributed by atoms with Crippen molar-refractivity contribution in [3.05, 3.63) is 35.0 Å². The van der Waals surface area contributed by atoms with Gasteiger partial charge in [-0.25, -0.2) is 0 Å². The zero-order valence-electron chi connectivity index (χ0n) is 16.3. The fourth-order valence-electron chi connectivity index (χ4n) is 5.14. The molecule has 2 fully saturated rings. The molecule has 2 heterocycles. The summed E-state index contributed by atoms with van der Waals surface area (Å²) in [5.74, 6) is 0. The summed E-state index contributed by atoms with van der Waals surface area (Å²) >= 11 is 0. The molecule has 26 heavy (non-hydrogen) atoms. The molecule has 2 N–H and O–H groups in total. The Morgan fingerprint density at radius 2 is 1.96 bits per heavy atom. The van der Waals surface area contributed by atoms with Crippen molar-refractivity contribution >= 4 is 10.9 Å². The third-order valence-electron chi connectivity index (χ3n) is 6.66. The second-order valence-corrected chi connectivity index (χ2v) is 8.30. The van der Waals surface area contributed by atoms with Crippen LogP contribution >= 0.6 is 0 Å². The lowest BCUT2D eigenvalue weighted by Crippen LogP contribution is -2.56. The fourth-order valence-corrected chi connectivity index (χ4v) is 5.14. The van der Waals surface area contributed by atoms with Crippen LogP contribution in [0.2, 0.25) is 0 Å². The maximum atomic E-state index is 9.57. The van der Waals surface area contributed by atoms with Crippen LogP contribution < -0.4 is 0 Å². The minimum Gasteiger partial charge on any atom is -0.396 e. The monoisotopic (exact) mass is 355 g/mol. The number of aliphatic hydroxyl groups excluding tert-OH is 1. The Morgan fingerprint density at radius 3 is 2.69 bits per heavy atom. The molecular formula is C22H33N3O. The number of aryl methyl sites for hydroxylation is 2. The van der Waals surface area contributed by atoms with Crippen LogP contribution in [0.3, 0.4) is 0 Å². The topological polar surface area (TPSA) is 42.5 Å². The van der Waals surface area contributed by atoms with Gasteiger partial charge >= 0.3 is 0 Å². The van der Waals surface area contributed by atoms with Crippen molar-refractivity contribution in [1.29, 1.82) is 0 Å². The largest absolute Gasteiger partial charge is 0.396 e. The first-order valence-corrected chi connectivity index (χ1v) is 10.3. The highest BCUT2D eigenvalue weighted by molar-refractivity contribution is 5.86. The quantitative estimate of drug-likeness (QED) is 0.861. The van der Waals surface area contributed by atoms with Crippen molar-refractivity contribution in [3.8, 4) is 0 Å². The summed E-state index contributed by atoms with van der Waals surface area (Å²) in [6.45, 7) is 9.06. The third kappa shape index (κ3) is 3.42. The molecule has 2 aliphatic rings. The standard InChI is InChI=1S/C22H33N3O/c1-16-6-5-9-20-17(2)21(23-22(16)20)15-24-11-12-25(18-7-3-4-8-18)19(14-24)10-13-26/h5-6,9,18-19,23,26H,3-4,7-8,10-15H2,1-2H3/t19-/m0/s1. The number of aromatic nitrogens is 1. The number of hydrogen-bond donors (Lipinski definition) is 2. The van der Waals surface area contributed by atoms with Gasteiger partial charge in [0.25, 0.3) is 0 Å². The van der Waals surface area contributed by atoms with Crippen molar-refractivity contribution in [3.63, 3.8) is 0 Å². The van der Waals surface area contributed by atoms with Crippen LogP contribution in [0.25, 0.3) is 10.9 Å². The van der Waals surface area contributed by atoms with Crippen LogP contribution in [-0.2, 0) is 6.54 Å². The third-order valence-corrected chi connectivity index (χ3v) is 6.66. The van der Waals surface area contributed by atoms with Crippen LogP contribution in [0.15, 0.2) is 18.2 Å². The summed E-state index contributed by atoms with van der Waals surface area (Å²) < 4.78 is 0. The normalized spacial score (nSPS) is 23.3. The average molecular weight is 356 g/mol. The Bertz CT molecular complexity index is 747. The van der Waals surface area contributed by atoms with Crippen LogP contribution in [0.1, 0.15) is 48.9 Å². The smallest absolute Gasteiger partial charge is 0.0488 e. The lowest BCUT2D eigenvalue weighted by atomic mass is 10.0. The molecule has 0 radical (unpaired) electrons. The van der Waals surface area contributed by atoms with E-state index in [1.807, 2.05) is 0 Å². The second kappa shape index (κ2) is 7.71. The molecular weight excluding hydrogens is 322 g/mol. The number of benzene rings is 1. The number of H-pyrrole nitrogens is 1. The number of fused-ring (bicyclic) bond motifs is 1. The van der Waals surface area contributed by atoms with Crippen molar-refractivity contribution in [2.45, 2.75) is 64.6 Å². The Hall–Kier alpha value is -1.36. The van der Waals surface area contributed by atoms with Gasteiger partial charge in [0.2, 0.25) is 0 Å². The van der Waals surface area contributed by atoms with Gasteiger partial charge < -0.3 is 10.1 Å². The van der Waals surface area contributed by atoms with Crippen LogP contribution in [0.4, 0.5) is 0 Å². The Kier molecular flexibility index (Phi) is 5.35. The van der Waals surface area contributed by atoms with Gasteiger partial charge in [-0.05, 0) is 44.2 Å². The molecule has 0 bridgehead atoms. The zero-order chi connectivity index (χ0) is 18.1. The Morgan fingerprint density at radius 1 is 1.15 bits per heavy atom. The highest BCUT2D eigenvalue weighted by atomic mass is 16.3. The van der Waals surface area contributed by atoms with E-state index in [0.29, 0.717) is 12.6 Å². The van der Waals surface area contributed by atoms with Crippen LogP contribution in [-0.4, -0.2) is 58.2 Å². The minimum absolute atomic E-state index is 0.298. The van der Waals surface area contributed by atoms with Crippen molar-refractivity contribution in [2.75, 3.05) is 26.2 Å². The van der Waals surface area contributed by atoms with E-state index in [1.54, 1.807) is 0 Å². The molecule has 4 nitrogen and oxygen atoms in total. The SMILES string of the molecule is Cc1c(CN2CCN(C3CCCC3)[C@@H](CCO)C2)[nH]c2c(C)cccc12. The molecule has 142 valence electrons. The number of aromatic amines is 1. The molecule has 0 spiro atoms. The number of aliphatic hydroxyl groups is 1. The lowest BCUT2D eigenvalue weighted by Gasteiger charge is -2.44. The van der Waals surface area contributed by atoms with Gasteiger partial charge in [0.1, 0.15) is 0 Å². The Labute approximate surface area is 157 Å². The predicted octanol–water partition coefficient (Wildman–Crippen LogP) is 3.60. The van der Waals surface area contributed by atoms with E-state index in [0.717, 1.165) is 38.6 Å². The second-order valence-electron chi connectivity index (χ2n) is 8.30. The molecule has 1 saturated heterocycles. The molecule has 1 aromatic carbocycles. The molecule has 4 rings (SSSR count). The van der Waals surface area contributed by atoms with E-state index in [4.69, 9.17) is 0 Å². The molecule has 1 aliphatic carbocycles. The summed E-state index contributed by atoms with van der Waals surface area (Å²) in [5, 5.41) is 10.9. The number of para-hydroxylation sites is 1. The highest BCUT2D eigenvalue weighted by Gasteiger charge is 2.33. The fraction of sp³-hybridized carbons (Fsp3) is 0.636. The van der Waals surface area contributed by atoms with E-state index in [1.165, 1.54) is 53.4 Å². The summed E-state index contributed by atoms with van der Waals surface area (Å²) in [6, 6.07) is 7.82. The lowest BCUT2D eigenvalue weighted by molar-refractivity contribution is 0.0263. The highest BCUT2D eigenvalue weighted by Crippen LogP contribution is 2.29. The van der Waals surface area contributed by atoms with E-state index < -0.39 is 0 Å². The van der Waals surface area contributed by atoms with Gasteiger partial charge in [0, 0.05) is 61.5 Å². The summed E-state index contributed by atoms with van der Waals surface area (Å²) in [4.78, 5) is 8.98. The molecule has 1 saturated carbocycles. The summed E-state index contributed by atoms with van der Waals surface area (Å²) in [5.41, 5.74) is 5.35. The van der Waals surface area contributed by atoms with Crippen LogP contribution in [0.5, 0.6) is 0 Å². The van der Waals surface area contributed by atoms with Crippen molar-refractivity contribution in [2.24, 2.45) is 0 Å². The molecule has 2 aromatic rings. The van der Waals surface area contributed by atoms with E-state index >= 15 is 0 Å². The van der Waals surface area contributed by atoms with Gasteiger partial charge in [-0.1, -0.05) is 31.0 Å². The molecule has 1 aliphatic heterocycles. The number of piperazine rings is 1. The average Bonchev–Trinajstić information content (AvgIpc) is 3.26. The van der Waals surface area contributed by atoms with Gasteiger partial charge in [0.05, 0.1) is 0 Å². The van der Waals surface area contributed by atoms with E-state index in [2.05, 4.69) is 46.8 Å². The number of rotatable bonds is 5. The number of nitrogens with one attached hydrogen (secondary N) is 1. The van der Waals surface area contributed by atoms with E-state index in [-0.39, 0.29) is 0 Å². The van der Waals surface area contributed by atoms with Crippen molar-refractivity contribution < 1.29 is 5.11 Å². The molecule has 0 amide bonds. The maximum Gasteiger partial charge on any atom is 0.0488 e. The first-order valence-electron chi connectivity index (χ1n) is 10.3. The molecule has 0 unspecified atom stereocenters. The Balaban J connectivity index is 1.49. The van der Waals surface area contributed by atoms with Crippen molar-refractivity contribution in [1.82, 2.24) is 14.8 Å². The predicted molar refractivity (Wildman–Crippen MR) is 108 cm³/mol. The summed E-state index contributed by atoms with van der Waals surface area (Å²) in [7, 11) is 0. The number of hydrogen-bond acceptors (Lipinski definition) is 3. The van der Waals surface area contributed by atoms with Gasteiger partial charge in [-0.2, -0.15) is 0 Å². The van der Waals surface area contributed by atoms with Gasteiger partial charge in [0.15, 0.2) is 0 Å². The first-order chi connectivity index (χ1) is 12.7. The van der Waals surface area contributed by atoms with Gasteiger partial charge in [-0.3, -0.25) is 9.80 Å². The number of nitrogens with zero attached hydrogens (tertiary/aromatic N) is 2. The van der Waals surface area contributed by atoms with E-state index in [9.17, 15) is 5.11 Å². The van der Waals surface area contributed by atoms with Crippen LogP contribution in [0, 0.1) is 13.8 Å². The maximum absolute atomic E-state index is 9.57.